The van der Waals surface area contributed by atoms with Crippen molar-refractivity contribution in [3.8, 4) is 0 Å². The Hall–Kier alpha value is -0.640. The highest BCUT2D eigenvalue weighted by Crippen LogP contribution is 2.23. The number of rotatable bonds is 3. The van der Waals surface area contributed by atoms with Gasteiger partial charge in [-0.3, -0.25) is 4.79 Å². The molecule has 0 saturated carbocycles. The van der Waals surface area contributed by atoms with Crippen molar-refractivity contribution in [3.05, 3.63) is 0 Å². The number of nitrogens with two attached hydrogens (primary N) is 1. The fraction of sp³-hybridized carbons (Fsp3) is 0.750. The number of carbonyl (C=O) groups is 1. The molecule has 0 fully saturated rings. The van der Waals surface area contributed by atoms with Gasteiger partial charge in [0.15, 0.2) is 0 Å². The molecule has 0 aromatic rings. The molecule has 1 amide bonds. The molecule has 1 unspecified atom stereocenters. The summed E-state index contributed by atoms with van der Waals surface area (Å²) in [5, 5.41) is 0. The summed E-state index contributed by atoms with van der Waals surface area (Å²) in [6.07, 6.45) is 0.638. The highest BCUT2D eigenvalue weighted by molar-refractivity contribution is 7.80. The van der Waals surface area contributed by atoms with Crippen molar-refractivity contribution in [2.24, 2.45) is 11.1 Å². The Labute approximate surface area is 78.9 Å². The van der Waals surface area contributed by atoms with Gasteiger partial charge in [0.05, 0.1) is 10.4 Å². The van der Waals surface area contributed by atoms with E-state index in [0.29, 0.717) is 6.42 Å². The van der Waals surface area contributed by atoms with Gasteiger partial charge in [-0.25, -0.2) is 0 Å². The molecule has 0 aromatic carbocycles. The molecule has 2 N–H and O–H groups in total. The number of nitrogens with zero attached hydrogens (tertiary/aromatic N) is 1. The van der Waals surface area contributed by atoms with Crippen LogP contribution >= 0.6 is 12.2 Å². The van der Waals surface area contributed by atoms with Gasteiger partial charge < -0.3 is 10.6 Å². The van der Waals surface area contributed by atoms with E-state index >= 15 is 0 Å². The zero-order chi connectivity index (χ0) is 9.94. The second-order valence-electron chi connectivity index (χ2n) is 3.25. The van der Waals surface area contributed by atoms with Crippen LogP contribution in [0.3, 0.4) is 0 Å². The third-order valence-electron chi connectivity index (χ3n) is 2.13. The van der Waals surface area contributed by atoms with Gasteiger partial charge >= 0.3 is 0 Å². The lowest BCUT2D eigenvalue weighted by Crippen LogP contribution is -2.45. The first-order valence-corrected chi connectivity index (χ1v) is 4.28. The summed E-state index contributed by atoms with van der Waals surface area (Å²) >= 11 is 4.86. The lowest BCUT2D eigenvalue weighted by molar-refractivity contribution is -0.135. The molecule has 0 heterocycles. The third kappa shape index (κ3) is 1.94. The van der Waals surface area contributed by atoms with Gasteiger partial charge in [-0.2, -0.15) is 0 Å². The molecular formula is C8H16N2OS. The van der Waals surface area contributed by atoms with Crippen LogP contribution in [0.1, 0.15) is 20.3 Å². The molecule has 0 rings (SSSR count). The van der Waals surface area contributed by atoms with E-state index in [1.807, 2.05) is 6.92 Å². The molecule has 0 aromatic heterocycles. The van der Waals surface area contributed by atoms with E-state index in [4.69, 9.17) is 18.0 Å². The van der Waals surface area contributed by atoms with Crippen LogP contribution in [0, 0.1) is 5.41 Å². The maximum Gasteiger partial charge on any atom is 0.234 e. The van der Waals surface area contributed by atoms with Crippen LogP contribution < -0.4 is 5.73 Å². The minimum Gasteiger partial charge on any atom is -0.392 e. The predicted octanol–water partition coefficient (Wildman–Crippen LogP) is 0.777. The molecule has 0 aliphatic rings. The van der Waals surface area contributed by atoms with E-state index in [1.54, 1.807) is 21.0 Å². The van der Waals surface area contributed by atoms with Crippen LogP contribution in [-0.2, 0) is 4.79 Å². The lowest BCUT2D eigenvalue weighted by Gasteiger charge is -2.28. The van der Waals surface area contributed by atoms with Crippen molar-refractivity contribution in [1.82, 2.24) is 4.90 Å². The lowest BCUT2D eigenvalue weighted by atomic mass is 9.86. The molecule has 0 spiro atoms. The quantitative estimate of drug-likeness (QED) is 0.666. The summed E-state index contributed by atoms with van der Waals surface area (Å²) in [4.78, 5) is 13.4. The van der Waals surface area contributed by atoms with Crippen LogP contribution in [0.2, 0.25) is 0 Å². The average molecular weight is 188 g/mol. The van der Waals surface area contributed by atoms with Crippen molar-refractivity contribution in [2.75, 3.05) is 14.1 Å². The Morgan fingerprint density at radius 2 is 2.00 bits per heavy atom. The van der Waals surface area contributed by atoms with E-state index in [9.17, 15) is 4.79 Å². The summed E-state index contributed by atoms with van der Waals surface area (Å²) in [5.74, 6) is -0.0301. The normalized spacial score (nSPS) is 15.0. The smallest absolute Gasteiger partial charge is 0.234 e. The van der Waals surface area contributed by atoms with E-state index in [0.717, 1.165) is 0 Å². The monoisotopic (exact) mass is 188 g/mol. The largest absolute Gasteiger partial charge is 0.392 e. The van der Waals surface area contributed by atoms with Gasteiger partial charge in [0.25, 0.3) is 0 Å². The van der Waals surface area contributed by atoms with Crippen LogP contribution in [-0.4, -0.2) is 29.9 Å². The first-order valence-electron chi connectivity index (χ1n) is 3.88. The van der Waals surface area contributed by atoms with Crippen molar-refractivity contribution >= 4 is 23.1 Å². The van der Waals surface area contributed by atoms with Gasteiger partial charge in [-0.15, -0.1) is 0 Å². The molecule has 4 heteroatoms. The number of hydrogen-bond donors (Lipinski definition) is 1. The van der Waals surface area contributed by atoms with Gasteiger partial charge in [0.2, 0.25) is 5.91 Å². The summed E-state index contributed by atoms with van der Waals surface area (Å²) in [7, 11) is 3.41. The SMILES string of the molecule is CCC(C)(C(=O)N(C)C)C(N)=S. The number of carbonyl (C=O) groups excluding carboxylic acids is 1. The topological polar surface area (TPSA) is 46.3 Å². The summed E-state index contributed by atoms with van der Waals surface area (Å²) in [5.41, 5.74) is 4.82. The highest BCUT2D eigenvalue weighted by Gasteiger charge is 2.35. The second-order valence-corrected chi connectivity index (χ2v) is 3.69. The first-order chi connectivity index (χ1) is 5.36. The molecule has 0 bridgehead atoms. The fourth-order valence-corrected chi connectivity index (χ4v) is 1.16. The van der Waals surface area contributed by atoms with Crippen molar-refractivity contribution in [2.45, 2.75) is 20.3 Å². The minimum atomic E-state index is -0.682. The molecule has 12 heavy (non-hydrogen) atoms. The molecule has 0 saturated heterocycles. The Kier molecular flexibility index (Phi) is 3.64. The van der Waals surface area contributed by atoms with E-state index in [2.05, 4.69) is 0 Å². The summed E-state index contributed by atoms with van der Waals surface area (Å²) < 4.78 is 0. The maximum atomic E-state index is 11.6. The van der Waals surface area contributed by atoms with Crippen LogP contribution in [0.5, 0.6) is 0 Å². The first kappa shape index (κ1) is 11.4. The Morgan fingerprint density at radius 1 is 1.58 bits per heavy atom. The molecule has 0 aliphatic heterocycles. The fourth-order valence-electron chi connectivity index (χ4n) is 0.924. The van der Waals surface area contributed by atoms with E-state index in [-0.39, 0.29) is 10.9 Å². The zero-order valence-corrected chi connectivity index (χ0v) is 8.86. The number of amides is 1. The molecule has 3 nitrogen and oxygen atoms in total. The minimum absolute atomic E-state index is 0.0301. The Bertz CT molecular complexity index is 203. The number of hydrogen-bond acceptors (Lipinski definition) is 2. The van der Waals surface area contributed by atoms with Gasteiger partial charge in [-0.1, -0.05) is 19.1 Å². The summed E-state index contributed by atoms with van der Waals surface area (Å²) in [6, 6.07) is 0. The van der Waals surface area contributed by atoms with Crippen molar-refractivity contribution < 1.29 is 4.79 Å². The second kappa shape index (κ2) is 3.85. The Morgan fingerprint density at radius 3 is 2.08 bits per heavy atom. The molecule has 0 aliphatic carbocycles. The summed E-state index contributed by atoms with van der Waals surface area (Å²) in [6.45, 7) is 3.68. The van der Waals surface area contributed by atoms with E-state index < -0.39 is 5.41 Å². The Balaban J connectivity index is 4.76. The van der Waals surface area contributed by atoms with E-state index in [1.165, 1.54) is 4.90 Å². The van der Waals surface area contributed by atoms with Gasteiger partial charge in [0.1, 0.15) is 0 Å². The molecular weight excluding hydrogens is 172 g/mol. The zero-order valence-electron chi connectivity index (χ0n) is 8.05. The average Bonchev–Trinajstić information content (AvgIpc) is 2.01. The standard InChI is InChI=1S/C8H16N2OS/c1-5-8(2,6(9)12)7(11)10(3)4/h5H2,1-4H3,(H2,9,12). The van der Waals surface area contributed by atoms with Crippen molar-refractivity contribution in [1.29, 1.82) is 0 Å². The van der Waals surface area contributed by atoms with Crippen LogP contribution in [0.25, 0.3) is 0 Å². The van der Waals surface area contributed by atoms with Gasteiger partial charge in [-0.05, 0) is 13.3 Å². The van der Waals surface area contributed by atoms with Crippen LogP contribution in [0.4, 0.5) is 0 Å². The third-order valence-corrected chi connectivity index (χ3v) is 2.58. The molecule has 1 atom stereocenters. The maximum absolute atomic E-state index is 11.6. The number of thiocarbonyl (C=S) groups is 1. The molecule has 70 valence electrons. The predicted molar refractivity (Wildman–Crippen MR) is 53.9 cm³/mol. The highest BCUT2D eigenvalue weighted by atomic mass is 32.1. The van der Waals surface area contributed by atoms with Crippen molar-refractivity contribution in [3.63, 3.8) is 0 Å². The molecule has 0 radical (unpaired) electrons. The van der Waals surface area contributed by atoms with Crippen LogP contribution in [0.15, 0.2) is 0 Å². The van der Waals surface area contributed by atoms with Gasteiger partial charge in [0, 0.05) is 14.1 Å².